The van der Waals surface area contributed by atoms with E-state index < -0.39 is 39.6 Å². The number of ether oxygens (including phenoxy) is 2. The van der Waals surface area contributed by atoms with Crippen molar-refractivity contribution in [2.45, 2.75) is 6.10 Å². The molecule has 0 saturated carbocycles. The van der Waals surface area contributed by atoms with Crippen LogP contribution >= 0.6 is 12.2 Å². The molecule has 0 aromatic heterocycles. The summed E-state index contributed by atoms with van der Waals surface area (Å²) in [6, 6.07) is 3.67. The Labute approximate surface area is 189 Å². The summed E-state index contributed by atoms with van der Waals surface area (Å²) in [4.78, 5) is 14.7. The number of nitriles is 1. The predicted molar refractivity (Wildman–Crippen MR) is 115 cm³/mol. The van der Waals surface area contributed by atoms with Crippen molar-refractivity contribution in [1.82, 2.24) is 9.62 Å². The van der Waals surface area contributed by atoms with Crippen LogP contribution in [-0.4, -0.2) is 82.2 Å². The Bertz CT molecular complexity index is 1020. The first-order valence-corrected chi connectivity index (χ1v) is 11.6. The average molecular weight is 490 g/mol. The van der Waals surface area contributed by atoms with Crippen LogP contribution in [0.15, 0.2) is 12.1 Å². The number of carbonyl (C=O) groups excluding carboxylic acids is 1. The minimum atomic E-state index is -3.72. The number of nitrogens with one attached hydrogen (secondary N) is 1. The van der Waals surface area contributed by atoms with E-state index in [0.29, 0.717) is 0 Å². The average Bonchev–Trinajstić information content (AvgIpc) is 3.12. The molecule has 2 fully saturated rings. The van der Waals surface area contributed by atoms with E-state index in [2.05, 4.69) is 5.32 Å². The second-order valence-corrected chi connectivity index (χ2v) is 9.39. The number of cyclic esters (lactones) is 1. The number of nitrogens with zero attached hydrogens (tertiary/aromatic N) is 4. The highest BCUT2D eigenvalue weighted by atomic mass is 32.2. The summed E-state index contributed by atoms with van der Waals surface area (Å²) in [7, 11) is -2.33. The second-order valence-electron chi connectivity index (χ2n) is 7.05. The molecule has 1 aromatic rings. The molecule has 32 heavy (non-hydrogen) atoms. The van der Waals surface area contributed by atoms with Gasteiger partial charge in [-0.05, 0) is 12.2 Å². The molecule has 14 heteroatoms. The van der Waals surface area contributed by atoms with Gasteiger partial charge in [0.2, 0.25) is 10.0 Å². The predicted octanol–water partition coefficient (Wildman–Crippen LogP) is 0.786. The number of thiocarbonyl (C=S) groups is 1. The van der Waals surface area contributed by atoms with Crippen LogP contribution in [0.25, 0.3) is 0 Å². The first kappa shape index (κ1) is 23.9. The van der Waals surface area contributed by atoms with Crippen LogP contribution in [0.5, 0.6) is 0 Å². The molecule has 2 aliphatic heterocycles. The fraction of sp³-hybridized carbons (Fsp3) is 0.500. The topological polar surface area (TPSA) is 115 Å². The van der Waals surface area contributed by atoms with Crippen molar-refractivity contribution >= 4 is 44.9 Å². The first-order valence-electron chi connectivity index (χ1n) is 9.55. The highest BCUT2D eigenvalue weighted by Crippen LogP contribution is 2.31. The molecule has 0 spiro atoms. The maximum atomic E-state index is 14.8. The Morgan fingerprint density at radius 1 is 1.31 bits per heavy atom. The minimum absolute atomic E-state index is 0.000743. The third-order valence-corrected chi connectivity index (χ3v) is 7.00. The summed E-state index contributed by atoms with van der Waals surface area (Å²) in [5, 5.41) is 11.5. The molecule has 0 aliphatic carbocycles. The smallest absolute Gasteiger partial charge is 0.414 e. The van der Waals surface area contributed by atoms with E-state index in [0.717, 1.165) is 21.3 Å². The van der Waals surface area contributed by atoms with Crippen molar-refractivity contribution in [3.63, 3.8) is 0 Å². The Morgan fingerprint density at radius 3 is 2.50 bits per heavy atom. The molecule has 1 aromatic carbocycles. The number of halogens is 2. The van der Waals surface area contributed by atoms with E-state index in [1.165, 1.54) is 12.0 Å². The van der Waals surface area contributed by atoms with Gasteiger partial charge in [0, 0.05) is 38.3 Å². The fourth-order valence-corrected chi connectivity index (χ4v) is 4.63. The SMILES string of the molecule is COC(=S)NCC1CN(c2cc(F)c(N3CCN(S(=O)(=O)CC#N)CC3)c(F)c2)C(=O)O1. The van der Waals surface area contributed by atoms with Crippen molar-refractivity contribution in [2.75, 3.05) is 61.9 Å². The largest absolute Gasteiger partial charge is 0.474 e. The lowest BCUT2D eigenvalue weighted by Crippen LogP contribution is -2.49. The van der Waals surface area contributed by atoms with Crippen LogP contribution in [0.1, 0.15) is 0 Å². The van der Waals surface area contributed by atoms with Gasteiger partial charge < -0.3 is 19.7 Å². The van der Waals surface area contributed by atoms with Crippen LogP contribution in [-0.2, 0) is 19.5 Å². The van der Waals surface area contributed by atoms with Crippen LogP contribution < -0.4 is 15.1 Å². The highest BCUT2D eigenvalue weighted by molar-refractivity contribution is 7.89. The summed E-state index contributed by atoms with van der Waals surface area (Å²) in [6.45, 7) is 0.346. The van der Waals surface area contributed by atoms with E-state index >= 15 is 0 Å². The molecule has 3 rings (SSSR count). The molecule has 10 nitrogen and oxygen atoms in total. The number of piperazine rings is 1. The number of benzene rings is 1. The number of amides is 1. The van der Waals surface area contributed by atoms with Gasteiger partial charge in [0.15, 0.2) is 17.4 Å². The molecule has 1 atom stereocenters. The molecule has 1 unspecified atom stereocenters. The summed E-state index contributed by atoms with van der Waals surface area (Å²) >= 11 is 4.85. The molecular weight excluding hydrogens is 468 g/mol. The van der Waals surface area contributed by atoms with Crippen molar-refractivity contribution in [3.05, 3.63) is 23.8 Å². The molecule has 2 heterocycles. The van der Waals surface area contributed by atoms with Gasteiger partial charge in [0.05, 0.1) is 32.0 Å². The van der Waals surface area contributed by atoms with Gasteiger partial charge in [-0.1, -0.05) is 0 Å². The van der Waals surface area contributed by atoms with Gasteiger partial charge >= 0.3 is 6.09 Å². The number of hydrogen-bond acceptors (Lipinski definition) is 8. The summed E-state index contributed by atoms with van der Waals surface area (Å²) < 4.78 is 64.8. The Kier molecular flexibility index (Phi) is 7.32. The lowest BCUT2D eigenvalue weighted by Gasteiger charge is -2.35. The lowest BCUT2D eigenvalue weighted by molar-refractivity contribution is 0.142. The van der Waals surface area contributed by atoms with E-state index in [1.807, 2.05) is 0 Å². The first-order chi connectivity index (χ1) is 15.2. The van der Waals surface area contributed by atoms with Crippen LogP contribution in [0.4, 0.5) is 25.0 Å². The van der Waals surface area contributed by atoms with E-state index in [4.69, 9.17) is 27.0 Å². The maximum Gasteiger partial charge on any atom is 0.414 e. The quantitative estimate of drug-likeness (QED) is 0.579. The van der Waals surface area contributed by atoms with Crippen molar-refractivity contribution in [1.29, 1.82) is 5.26 Å². The zero-order valence-corrected chi connectivity index (χ0v) is 18.7. The summed E-state index contributed by atoms with van der Waals surface area (Å²) in [5.41, 5.74) is -0.303. The highest BCUT2D eigenvalue weighted by Gasteiger charge is 2.34. The number of carbonyl (C=O) groups is 1. The number of hydrogen-bond donors (Lipinski definition) is 1. The fourth-order valence-electron chi connectivity index (χ4n) is 3.48. The van der Waals surface area contributed by atoms with Crippen LogP contribution in [0.3, 0.4) is 0 Å². The number of methoxy groups -OCH3 is 1. The number of rotatable bonds is 6. The zero-order valence-electron chi connectivity index (χ0n) is 17.1. The van der Waals surface area contributed by atoms with E-state index in [1.54, 1.807) is 6.07 Å². The van der Waals surface area contributed by atoms with Gasteiger partial charge in [-0.15, -0.1) is 0 Å². The van der Waals surface area contributed by atoms with Gasteiger partial charge in [-0.2, -0.15) is 9.57 Å². The van der Waals surface area contributed by atoms with Gasteiger partial charge in [-0.25, -0.2) is 22.0 Å². The standard InChI is InChI=1S/C18H21F2N5O5S2/c1-29-17(31)22-10-13-11-25(18(26)30-13)12-8-14(19)16(15(20)9-12)23-3-5-24(6-4-23)32(27,28)7-2-21/h8-9,13H,3-7,10-11H2,1H3,(H,22,31). The summed E-state index contributed by atoms with van der Waals surface area (Å²) in [6.07, 6.45) is -1.34. The van der Waals surface area contributed by atoms with E-state index in [-0.39, 0.29) is 55.8 Å². The van der Waals surface area contributed by atoms with E-state index in [9.17, 15) is 22.0 Å². The molecule has 2 saturated heterocycles. The van der Waals surface area contributed by atoms with Gasteiger partial charge in [-0.3, -0.25) is 4.90 Å². The molecule has 1 N–H and O–H groups in total. The molecular formula is C18H21F2N5O5S2. The zero-order chi connectivity index (χ0) is 23.5. The molecule has 1 amide bonds. The van der Waals surface area contributed by atoms with Crippen molar-refractivity contribution < 1.29 is 31.5 Å². The normalized spacial score (nSPS) is 19.4. The third-order valence-electron chi connectivity index (χ3n) is 5.04. The monoisotopic (exact) mass is 489 g/mol. The molecule has 0 bridgehead atoms. The summed E-state index contributed by atoms with van der Waals surface area (Å²) in [5.74, 6) is -2.42. The number of anilines is 2. The Balaban J connectivity index is 1.69. The molecule has 174 valence electrons. The minimum Gasteiger partial charge on any atom is -0.474 e. The van der Waals surface area contributed by atoms with Gasteiger partial charge in [0.1, 0.15) is 11.8 Å². The lowest BCUT2D eigenvalue weighted by atomic mass is 10.2. The van der Waals surface area contributed by atoms with Crippen LogP contribution in [0, 0.1) is 23.0 Å². The van der Waals surface area contributed by atoms with Crippen molar-refractivity contribution in [2.24, 2.45) is 0 Å². The third kappa shape index (κ3) is 5.17. The van der Waals surface area contributed by atoms with Crippen molar-refractivity contribution in [3.8, 4) is 6.07 Å². The maximum absolute atomic E-state index is 14.8. The Morgan fingerprint density at radius 2 is 1.94 bits per heavy atom. The Hall–Kier alpha value is -2.76. The van der Waals surface area contributed by atoms with Crippen LogP contribution in [0.2, 0.25) is 0 Å². The second kappa shape index (κ2) is 9.80. The number of sulfonamides is 1. The molecule has 0 radical (unpaired) electrons. The molecule has 2 aliphatic rings. The van der Waals surface area contributed by atoms with Gasteiger partial charge in [0.25, 0.3) is 5.17 Å².